The lowest BCUT2D eigenvalue weighted by atomic mass is 10.0. The first-order valence-electron chi connectivity index (χ1n) is 11.4. The van der Waals surface area contributed by atoms with Gasteiger partial charge in [0.1, 0.15) is 12.3 Å². The largest absolute Gasteiger partial charge is 0.326 e. The fourth-order valence-corrected chi connectivity index (χ4v) is 4.41. The summed E-state index contributed by atoms with van der Waals surface area (Å²) in [6, 6.07) is 23.6. The van der Waals surface area contributed by atoms with E-state index in [1.807, 2.05) is 42.5 Å². The van der Waals surface area contributed by atoms with E-state index in [1.165, 1.54) is 5.01 Å². The van der Waals surface area contributed by atoms with Crippen LogP contribution in [0.25, 0.3) is 0 Å². The van der Waals surface area contributed by atoms with Gasteiger partial charge in [-0.15, -0.1) is 0 Å². The van der Waals surface area contributed by atoms with Crippen LogP contribution in [0.5, 0.6) is 0 Å². The van der Waals surface area contributed by atoms with Crippen LogP contribution < -0.4 is 10.7 Å². The van der Waals surface area contributed by atoms with E-state index in [0.717, 1.165) is 11.1 Å². The van der Waals surface area contributed by atoms with E-state index in [9.17, 15) is 9.59 Å². The number of benzene rings is 3. The van der Waals surface area contributed by atoms with Gasteiger partial charge in [0.05, 0.1) is 22.8 Å². The molecule has 7 nitrogen and oxygen atoms in total. The van der Waals surface area contributed by atoms with Crippen LogP contribution in [0.15, 0.2) is 77.8 Å². The summed E-state index contributed by atoms with van der Waals surface area (Å²) in [6.07, 6.45) is 0.943. The summed E-state index contributed by atoms with van der Waals surface area (Å²) < 4.78 is 0. The SMILES string of the molecule is N#CCCc1cccc(N=C2CC(c3ccccc3)N(C(=O)CC(=O)Nc3cccc(Cl)c3)N2)c1Cl. The number of halogens is 2. The molecule has 3 aromatic carbocycles. The van der Waals surface area contributed by atoms with Crippen molar-refractivity contribution in [2.24, 2.45) is 4.99 Å². The van der Waals surface area contributed by atoms with Crippen molar-refractivity contribution >= 4 is 52.2 Å². The average Bonchev–Trinajstić information content (AvgIpc) is 3.29. The number of carbonyl (C=O) groups excluding carboxylic acids is 2. The van der Waals surface area contributed by atoms with Crippen LogP contribution in [0.3, 0.4) is 0 Å². The number of aryl methyl sites for hydroxylation is 1. The normalized spacial score (nSPS) is 15.9. The molecule has 1 unspecified atom stereocenters. The van der Waals surface area contributed by atoms with Gasteiger partial charge in [-0.3, -0.25) is 15.0 Å². The zero-order valence-electron chi connectivity index (χ0n) is 19.2. The summed E-state index contributed by atoms with van der Waals surface area (Å²) in [5, 5.41) is 14.0. The lowest BCUT2D eigenvalue weighted by Crippen LogP contribution is -2.41. The van der Waals surface area contributed by atoms with Crippen LogP contribution in [-0.4, -0.2) is 22.7 Å². The van der Waals surface area contributed by atoms with Crippen molar-refractivity contribution in [2.45, 2.75) is 31.7 Å². The highest BCUT2D eigenvalue weighted by atomic mass is 35.5. The molecular formula is C27H23Cl2N5O2. The Morgan fingerprint density at radius 1 is 1.08 bits per heavy atom. The second-order valence-corrected chi connectivity index (χ2v) is 9.02. The number of nitrogens with one attached hydrogen (secondary N) is 2. The molecule has 3 aromatic rings. The molecule has 1 aliphatic rings. The molecule has 1 saturated heterocycles. The van der Waals surface area contributed by atoms with Gasteiger partial charge in [-0.1, -0.05) is 71.7 Å². The van der Waals surface area contributed by atoms with Gasteiger partial charge >= 0.3 is 0 Å². The Morgan fingerprint density at radius 2 is 1.86 bits per heavy atom. The maximum absolute atomic E-state index is 13.2. The van der Waals surface area contributed by atoms with Gasteiger partial charge in [-0.2, -0.15) is 5.26 Å². The number of hydrazine groups is 1. The molecule has 0 aliphatic carbocycles. The smallest absolute Gasteiger partial charge is 0.250 e. The topological polar surface area (TPSA) is 97.6 Å². The van der Waals surface area contributed by atoms with Gasteiger partial charge in [-0.25, -0.2) is 10.0 Å². The first kappa shape index (κ1) is 25.2. The number of amides is 2. The van der Waals surface area contributed by atoms with Crippen LogP contribution in [0.1, 0.15) is 36.4 Å². The van der Waals surface area contributed by atoms with E-state index >= 15 is 0 Å². The van der Waals surface area contributed by atoms with Gasteiger partial charge in [0.15, 0.2) is 0 Å². The summed E-state index contributed by atoms with van der Waals surface area (Å²) in [5.41, 5.74) is 5.89. The van der Waals surface area contributed by atoms with Crippen molar-refractivity contribution in [2.75, 3.05) is 5.32 Å². The average molecular weight is 520 g/mol. The van der Waals surface area contributed by atoms with Gasteiger partial charge in [0.2, 0.25) is 5.91 Å². The Balaban J connectivity index is 1.55. The molecule has 182 valence electrons. The monoisotopic (exact) mass is 519 g/mol. The van der Waals surface area contributed by atoms with E-state index < -0.39 is 11.8 Å². The van der Waals surface area contributed by atoms with Gasteiger partial charge in [0, 0.05) is 23.6 Å². The lowest BCUT2D eigenvalue weighted by molar-refractivity contribution is -0.137. The number of nitriles is 1. The maximum atomic E-state index is 13.2. The van der Waals surface area contributed by atoms with Crippen molar-refractivity contribution in [1.82, 2.24) is 10.4 Å². The number of hydrogen-bond donors (Lipinski definition) is 2. The molecule has 0 radical (unpaired) electrons. The van der Waals surface area contributed by atoms with Crippen molar-refractivity contribution in [3.05, 3.63) is 94.0 Å². The highest BCUT2D eigenvalue weighted by Crippen LogP contribution is 2.33. The fourth-order valence-electron chi connectivity index (χ4n) is 3.96. The maximum Gasteiger partial charge on any atom is 0.250 e. The van der Waals surface area contributed by atoms with E-state index in [-0.39, 0.29) is 12.5 Å². The van der Waals surface area contributed by atoms with E-state index in [1.54, 1.807) is 30.3 Å². The number of aliphatic imine (C=N–C) groups is 1. The molecule has 2 N–H and O–H groups in total. The van der Waals surface area contributed by atoms with Crippen molar-refractivity contribution in [1.29, 1.82) is 5.26 Å². The van der Waals surface area contributed by atoms with Crippen LogP contribution in [-0.2, 0) is 16.0 Å². The highest BCUT2D eigenvalue weighted by molar-refractivity contribution is 6.34. The minimum atomic E-state index is -0.450. The zero-order valence-corrected chi connectivity index (χ0v) is 20.8. The van der Waals surface area contributed by atoms with Crippen LogP contribution in [0.4, 0.5) is 11.4 Å². The summed E-state index contributed by atoms with van der Waals surface area (Å²) in [4.78, 5) is 30.4. The summed E-state index contributed by atoms with van der Waals surface area (Å²) in [6.45, 7) is 0. The quantitative estimate of drug-likeness (QED) is 0.374. The Hall–Kier alpha value is -3.86. The molecule has 1 atom stereocenters. The van der Waals surface area contributed by atoms with Crippen molar-refractivity contribution in [3.63, 3.8) is 0 Å². The summed E-state index contributed by atoms with van der Waals surface area (Å²) in [5.74, 6) is -0.302. The molecule has 4 rings (SSSR count). The molecular weight excluding hydrogens is 497 g/mol. The molecule has 1 heterocycles. The van der Waals surface area contributed by atoms with Crippen LogP contribution >= 0.6 is 23.2 Å². The summed E-state index contributed by atoms with van der Waals surface area (Å²) >= 11 is 12.5. The minimum Gasteiger partial charge on any atom is -0.326 e. The Morgan fingerprint density at radius 3 is 2.61 bits per heavy atom. The third kappa shape index (κ3) is 6.22. The molecule has 0 saturated carbocycles. The second kappa shape index (κ2) is 11.7. The molecule has 0 bridgehead atoms. The zero-order chi connectivity index (χ0) is 25.5. The fraction of sp³-hybridized carbons (Fsp3) is 0.185. The minimum absolute atomic E-state index is 0.350. The van der Waals surface area contributed by atoms with E-state index in [0.29, 0.717) is 46.5 Å². The number of rotatable bonds is 7. The Bertz CT molecular complexity index is 1340. The third-order valence-electron chi connectivity index (χ3n) is 5.64. The highest BCUT2D eigenvalue weighted by Gasteiger charge is 2.34. The Kier molecular flexibility index (Phi) is 8.21. The number of nitrogens with zero attached hydrogens (tertiary/aromatic N) is 3. The molecule has 2 amide bonds. The number of carbonyl (C=O) groups is 2. The van der Waals surface area contributed by atoms with E-state index in [2.05, 4.69) is 21.8 Å². The number of hydrogen-bond acceptors (Lipinski definition) is 4. The molecule has 0 spiro atoms. The Labute approximate surface area is 219 Å². The predicted octanol–water partition coefficient (Wildman–Crippen LogP) is 5.99. The van der Waals surface area contributed by atoms with Gasteiger partial charge in [0.25, 0.3) is 5.91 Å². The molecule has 36 heavy (non-hydrogen) atoms. The molecule has 0 aromatic heterocycles. The number of anilines is 1. The first-order valence-corrected chi connectivity index (χ1v) is 12.1. The molecule has 1 aliphatic heterocycles. The first-order chi connectivity index (χ1) is 17.4. The standard InChI is InChI=1S/C27H23Cl2N5O2/c28-20-11-5-12-21(15-20)31-25(35)17-26(36)34-23(18-7-2-1-3-8-18)16-24(33-34)32-22-13-4-9-19(27(22)29)10-6-14-30/h1-5,7-9,11-13,15,23H,6,10,16-17H2,(H,31,35)(H,32,33). The molecule has 1 fully saturated rings. The van der Waals surface area contributed by atoms with Crippen molar-refractivity contribution < 1.29 is 9.59 Å². The van der Waals surface area contributed by atoms with Crippen LogP contribution in [0.2, 0.25) is 10.0 Å². The van der Waals surface area contributed by atoms with Gasteiger partial charge < -0.3 is 5.32 Å². The predicted molar refractivity (Wildman–Crippen MR) is 141 cm³/mol. The third-order valence-corrected chi connectivity index (χ3v) is 6.31. The van der Waals surface area contributed by atoms with Crippen LogP contribution in [0, 0.1) is 11.3 Å². The van der Waals surface area contributed by atoms with Crippen molar-refractivity contribution in [3.8, 4) is 6.07 Å². The summed E-state index contributed by atoms with van der Waals surface area (Å²) in [7, 11) is 0. The molecule has 9 heteroatoms. The second-order valence-electron chi connectivity index (χ2n) is 8.21. The number of amidine groups is 1. The van der Waals surface area contributed by atoms with E-state index in [4.69, 9.17) is 28.5 Å². The van der Waals surface area contributed by atoms with Gasteiger partial charge in [-0.05, 0) is 41.8 Å². The lowest BCUT2D eigenvalue weighted by Gasteiger charge is -2.24.